The number of hydrogen-bond donors (Lipinski definition) is 2. The van der Waals surface area contributed by atoms with Crippen molar-refractivity contribution in [2.75, 3.05) is 6.61 Å². The number of carboxylic acid groups (broad SMARTS) is 1. The molecule has 0 radical (unpaired) electrons. The van der Waals surface area contributed by atoms with Crippen molar-refractivity contribution in [3.63, 3.8) is 0 Å². The summed E-state index contributed by atoms with van der Waals surface area (Å²) < 4.78 is 0. The summed E-state index contributed by atoms with van der Waals surface area (Å²) in [7, 11) is 0. The number of aliphatic hydroxyl groups is 1. The molecule has 3 nitrogen and oxygen atoms in total. The third-order valence-corrected chi connectivity index (χ3v) is 6.70. The third kappa shape index (κ3) is 3.55. The summed E-state index contributed by atoms with van der Waals surface area (Å²) >= 11 is 0. The summed E-state index contributed by atoms with van der Waals surface area (Å²) in [5.74, 6) is 0.108. The molecule has 0 aromatic heterocycles. The van der Waals surface area contributed by atoms with Gasteiger partial charge in [0.2, 0.25) is 0 Å². The zero-order valence-corrected chi connectivity index (χ0v) is 14.9. The standard InChI is InChI=1S/C20H32O3/c1-14(12-18(22)23)6-8-16-15(2)7-9-17-19(3,13-21)10-5-11-20(16,17)4/h12,16-17,21H,2,5-11,13H2,1,3-4H3,(H,22,23)/b14-12+/t16-,17-,19+,20?/m0/s1. The highest BCUT2D eigenvalue weighted by atomic mass is 16.4. The van der Waals surface area contributed by atoms with Gasteiger partial charge in [0.1, 0.15) is 0 Å². The van der Waals surface area contributed by atoms with Crippen molar-refractivity contribution in [2.45, 2.75) is 65.7 Å². The molecule has 3 heteroatoms. The summed E-state index contributed by atoms with van der Waals surface area (Å²) in [6.45, 7) is 11.1. The Bertz CT molecular complexity index is 507. The SMILES string of the molecule is C=C1CC[C@@H]2C(C)(CCC[C@]2(C)CO)[C@H]1CC/C(C)=C/C(=O)O. The maximum Gasteiger partial charge on any atom is 0.328 e. The highest BCUT2D eigenvalue weighted by Gasteiger charge is 2.53. The van der Waals surface area contributed by atoms with Gasteiger partial charge in [0.15, 0.2) is 0 Å². The van der Waals surface area contributed by atoms with E-state index in [1.165, 1.54) is 18.1 Å². The largest absolute Gasteiger partial charge is 0.478 e. The summed E-state index contributed by atoms with van der Waals surface area (Å²) in [6.07, 6.45) is 8.76. The van der Waals surface area contributed by atoms with Gasteiger partial charge in [0, 0.05) is 12.7 Å². The molecule has 23 heavy (non-hydrogen) atoms. The fraction of sp³-hybridized carbons (Fsp3) is 0.750. The lowest BCUT2D eigenvalue weighted by Crippen LogP contribution is -2.51. The molecule has 2 rings (SSSR count). The minimum atomic E-state index is -0.861. The smallest absolute Gasteiger partial charge is 0.328 e. The van der Waals surface area contributed by atoms with Crippen molar-refractivity contribution < 1.29 is 15.0 Å². The van der Waals surface area contributed by atoms with Crippen LogP contribution in [0, 0.1) is 22.7 Å². The van der Waals surface area contributed by atoms with Crippen molar-refractivity contribution in [3.8, 4) is 0 Å². The lowest BCUT2D eigenvalue weighted by atomic mass is 9.47. The molecule has 2 aliphatic rings. The summed E-state index contributed by atoms with van der Waals surface area (Å²) in [4.78, 5) is 10.8. The molecule has 2 N–H and O–H groups in total. The van der Waals surface area contributed by atoms with Crippen LogP contribution in [-0.4, -0.2) is 22.8 Å². The average Bonchev–Trinajstić information content (AvgIpc) is 2.45. The molecule has 0 spiro atoms. The molecule has 0 aliphatic heterocycles. The summed E-state index contributed by atoms with van der Waals surface area (Å²) in [6, 6.07) is 0. The first-order chi connectivity index (χ1) is 10.7. The van der Waals surface area contributed by atoms with Gasteiger partial charge >= 0.3 is 5.97 Å². The van der Waals surface area contributed by atoms with E-state index >= 15 is 0 Å². The van der Waals surface area contributed by atoms with Gasteiger partial charge in [-0.25, -0.2) is 4.79 Å². The second-order valence-electron chi connectivity index (χ2n) is 8.34. The fourth-order valence-electron chi connectivity index (χ4n) is 5.46. The molecule has 130 valence electrons. The van der Waals surface area contributed by atoms with E-state index in [0.29, 0.717) is 11.8 Å². The first-order valence-corrected chi connectivity index (χ1v) is 8.91. The van der Waals surface area contributed by atoms with Gasteiger partial charge in [-0.15, -0.1) is 0 Å². The van der Waals surface area contributed by atoms with Crippen molar-refractivity contribution in [2.24, 2.45) is 22.7 Å². The van der Waals surface area contributed by atoms with E-state index in [2.05, 4.69) is 20.4 Å². The van der Waals surface area contributed by atoms with Gasteiger partial charge in [0.05, 0.1) is 0 Å². The quantitative estimate of drug-likeness (QED) is 0.576. The second-order valence-corrected chi connectivity index (χ2v) is 8.34. The molecule has 0 heterocycles. The van der Waals surface area contributed by atoms with E-state index in [1.807, 2.05) is 6.92 Å². The first kappa shape index (κ1) is 18.3. The topological polar surface area (TPSA) is 57.5 Å². The summed E-state index contributed by atoms with van der Waals surface area (Å²) in [5.41, 5.74) is 2.47. The number of carbonyl (C=O) groups is 1. The van der Waals surface area contributed by atoms with Crippen LogP contribution in [0.4, 0.5) is 0 Å². The van der Waals surface area contributed by atoms with Gasteiger partial charge < -0.3 is 10.2 Å². The Labute approximate surface area is 140 Å². The molecule has 0 saturated heterocycles. The van der Waals surface area contributed by atoms with Gasteiger partial charge in [-0.05, 0) is 68.1 Å². The van der Waals surface area contributed by atoms with E-state index < -0.39 is 5.97 Å². The van der Waals surface area contributed by atoms with Crippen molar-refractivity contribution in [1.82, 2.24) is 0 Å². The first-order valence-electron chi connectivity index (χ1n) is 8.91. The van der Waals surface area contributed by atoms with Gasteiger partial charge in [-0.3, -0.25) is 0 Å². The highest BCUT2D eigenvalue weighted by molar-refractivity contribution is 5.80. The zero-order chi connectivity index (χ0) is 17.3. The van der Waals surface area contributed by atoms with Crippen LogP contribution in [0.2, 0.25) is 0 Å². The van der Waals surface area contributed by atoms with Crippen LogP contribution < -0.4 is 0 Å². The van der Waals surface area contributed by atoms with Crippen LogP contribution >= 0.6 is 0 Å². The number of hydrogen-bond acceptors (Lipinski definition) is 2. The van der Waals surface area contributed by atoms with Crippen molar-refractivity contribution >= 4 is 5.97 Å². The molecule has 0 bridgehead atoms. The van der Waals surface area contributed by atoms with E-state index in [0.717, 1.165) is 44.1 Å². The van der Waals surface area contributed by atoms with Crippen LogP contribution in [0.1, 0.15) is 65.7 Å². The molecule has 1 unspecified atom stereocenters. The normalized spacial score (nSPS) is 38.3. The van der Waals surface area contributed by atoms with Gasteiger partial charge in [-0.2, -0.15) is 0 Å². The Balaban J connectivity index is 2.20. The lowest BCUT2D eigenvalue weighted by Gasteiger charge is -2.58. The molecule has 0 aromatic carbocycles. The maximum absolute atomic E-state index is 10.8. The monoisotopic (exact) mass is 320 g/mol. The number of rotatable bonds is 5. The number of aliphatic carboxylic acids is 1. The Morgan fingerprint density at radius 2 is 2.09 bits per heavy atom. The Morgan fingerprint density at radius 1 is 1.39 bits per heavy atom. The maximum atomic E-state index is 10.8. The predicted octanol–water partition coefficient (Wildman–Crippen LogP) is 4.57. The van der Waals surface area contributed by atoms with Crippen LogP contribution in [0.25, 0.3) is 0 Å². The van der Waals surface area contributed by atoms with E-state index in [-0.39, 0.29) is 17.4 Å². The number of fused-ring (bicyclic) bond motifs is 1. The minimum Gasteiger partial charge on any atom is -0.478 e. The van der Waals surface area contributed by atoms with Gasteiger partial charge in [0.25, 0.3) is 0 Å². The Hall–Kier alpha value is -1.09. The van der Waals surface area contributed by atoms with Gasteiger partial charge in [-0.1, -0.05) is 38.0 Å². The molecule has 0 aromatic rings. The highest BCUT2D eigenvalue weighted by Crippen LogP contribution is 2.61. The van der Waals surface area contributed by atoms with Crippen LogP contribution in [0.3, 0.4) is 0 Å². The van der Waals surface area contributed by atoms with Crippen molar-refractivity contribution in [1.29, 1.82) is 0 Å². The summed E-state index contributed by atoms with van der Waals surface area (Å²) in [5, 5.41) is 18.9. The van der Waals surface area contributed by atoms with E-state index in [9.17, 15) is 9.90 Å². The number of allylic oxidation sites excluding steroid dienone is 2. The van der Waals surface area contributed by atoms with E-state index in [4.69, 9.17) is 5.11 Å². The molecular weight excluding hydrogens is 288 g/mol. The fourth-order valence-corrected chi connectivity index (χ4v) is 5.46. The van der Waals surface area contributed by atoms with Crippen molar-refractivity contribution in [3.05, 3.63) is 23.8 Å². The predicted molar refractivity (Wildman–Crippen MR) is 93.1 cm³/mol. The third-order valence-electron chi connectivity index (χ3n) is 6.70. The minimum absolute atomic E-state index is 0.0257. The number of aliphatic hydroxyl groups excluding tert-OH is 1. The zero-order valence-electron chi connectivity index (χ0n) is 14.9. The second kappa shape index (κ2) is 6.80. The lowest BCUT2D eigenvalue weighted by molar-refractivity contribution is -0.131. The van der Waals surface area contributed by atoms with Crippen LogP contribution in [-0.2, 0) is 4.79 Å². The van der Waals surface area contributed by atoms with Crippen LogP contribution in [0.5, 0.6) is 0 Å². The Morgan fingerprint density at radius 3 is 2.70 bits per heavy atom. The van der Waals surface area contributed by atoms with E-state index in [1.54, 1.807) is 0 Å². The molecule has 2 saturated carbocycles. The molecule has 4 atom stereocenters. The Kier molecular flexibility index (Phi) is 5.40. The molecule has 2 aliphatic carbocycles. The molecule has 0 amide bonds. The molecular formula is C20H32O3. The van der Waals surface area contributed by atoms with Crippen LogP contribution in [0.15, 0.2) is 23.8 Å². The number of carboxylic acids is 1. The molecule has 2 fully saturated rings. The average molecular weight is 320 g/mol.